The molecule has 0 bridgehead atoms. The molecule has 0 aliphatic heterocycles. The summed E-state index contributed by atoms with van der Waals surface area (Å²) in [7, 11) is 0. The molecule has 0 saturated carbocycles. The Bertz CT molecular complexity index is 1360. The highest BCUT2D eigenvalue weighted by Gasteiger charge is 2.13. The minimum absolute atomic E-state index is 0.554. The highest BCUT2D eigenvalue weighted by molar-refractivity contribution is 5.79. The predicted molar refractivity (Wildman–Crippen MR) is 139 cm³/mol. The van der Waals surface area contributed by atoms with Gasteiger partial charge in [-0.3, -0.25) is 4.98 Å². The Morgan fingerprint density at radius 3 is 2.47 bits per heavy atom. The fourth-order valence-corrected chi connectivity index (χ4v) is 4.34. The van der Waals surface area contributed by atoms with E-state index in [-0.39, 0.29) is 0 Å². The lowest BCUT2D eigenvalue weighted by Crippen LogP contribution is -2.07. The zero-order valence-electron chi connectivity index (χ0n) is 20.5. The molecule has 0 aliphatic rings. The summed E-state index contributed by atoms with van der Waals surface area (Å²) in [5, 5.41) is 19.4. The summed E-state index contributed by atoms with van der Waals surface area (Å²) in [6, 6.07) is 20.9. The molecular formula is C28H30N8. The summed E-state index contributed by atoms with van der Waals surface area (Å²) < 4.78 is 2.08. The summed E-state index contributed by atoms with van der Waals surface area (Å²) in [4.78, 5) is 9.22. The van der Waals surface area contributed by atoms with Gasteiger partial charge in [-0.15, -0.1) is 10.2 Å². The van der Waals surface area contributed by atoms with E-state index in [1.165, 1.54) is 24.0 Å². The lowest BCUT2D eigenvalue weighted by molar-refractivity contribution is 0.604. The molecule has 0 atom stereocenters. The Morgan fingerprint density at radius 1 is 0.833 bits per heavy atom. The molecule has 0 aliphatic carbocycles. The van der Waals surface area contributed by atoms with Gasteiger partial charge in [-0.05, 0) is 40.8 Å². The number of rotatable bonds is 11. The Morgan fingerprint density at radius 2 is 1.69 bits per heavy atom. The quantitative estimate of drug-likeness (QED) is 0.266. The summed E-state index contributed by atoms with van der Waals surface area (Å²) >= 11 is 0. The van der Waals surface area contributed by atoms with Crippen LogP contribution in [0.1, 0.15) is 49.0 Å². The van der Waals surface area contributed by atoms with Crippen LogP contribution in [-0.2, 0) is 25.8 Å². The Hall–Kier alpha value is -4.20. The van der Waals surface area contributed by atoms with E-state index in [0.717, 1.165) is 54.0 Å². The van der Waals surface area contributed by atoms with Crippen LogP contribution in [0.15, 0.2) is 73.1 Å². The van der Waals surface area contributed by atoms with Crippen molar-refractivity contribution in [2.24, 2.45) is 0 Å². The number of pyridine rings is 1. The molecule has 0 spiro atoms. The molecule has 2 aromatic carbocycles. The van der Waals surface area contributed by atoms with Crippen LogP contribution in [0.2, 0.25) is 0 Å². The molecule has 3 aromatic heterocycles. The number of nitrogens with zero attached hydrogens (tertiary/aromatic N) is 7. The second-order valence-corrected chi connectivity index (χ2v) is 8.90. The molecule has 0 amide bonds. The minimum atomic E-state index is 0.554. The maximum absolute atomic E-state index is 4.92. The van der Waals surface area contributed by atoms with Crippen LogP contribution in [0.4, 0.5) is 0 Å². The van der Waals surface area contributed by atoms with Crippen molar-refractivity contribution in [2.45, 2.75) is 52.0 Å². The maximum atomic E-state index is 4.92. The summed E-state index contributed by atoms with van der Waals surface area (Å²) in [6.45, 7) is 2.93. The molecule has 1 N–H and O–H groups in total. The number of aryl methyl sites for hydroxylation is 3. The van der Waals surface area contributed by atoms with Crippen molar-refractivity contribution in [1.82, 2.24) is 40.4 Å². The van der Waals surface area contributed by atoms with E-state index in [4.69, 9.17) is 10.1 Å². The van der Waals surface area contributed by atoms with Crippen molar-refractivity contribution in [2.75, 3.05) is 0 Å². The van der Waals surface area contributed by atoms with E-state index in [2.05, 4.69) is 85.7 Å². The number of aromatic amines is 1. The zero-order valence-corrected chi connectivity index (χ0v) is 20.5. The molecule has 0 radical (unpaired) electrons. The molecule has 0 unspecified atom stereocenters. The SMILES string of the molecule is CCCCCc1nc(CCc2ccccc2)nn1Cc1ccc(-c2cnccc2-c2nn[nH]n2)cc1. The molecule has 8 nitrogen and oxygen atoms in total. The highest BCUT2D eigenvalue weighted by Crippen LogP contribution is 2.29. The molecular weight excluding hydrogens is 448 g/mol. The van der Waals surface area contributed by atoms with E-state index in [1.807, 2.05) is 18.3 Å². The number of H-pyrrole nitrogens is 1. The van der Waals surface area contributed by atoms with Crippen molar-refractivity contribution in [1.29, 1.82) is 0 Å². The average molecular weight is 479 g/mol. The molecule has 182 valence electrons. The monoisotopic (exact) mass is 478 g/mol. The van der Waals surface area contributed by atoms with Crippen molar-refractivity contribution in [3.05, 3.63) is 95.8 Å². The average Bonchev–Trinajstić information content (AvgIpc) is 3.59. The number of hydrogen-bond acceptors (Lipinski definition) is 6. The van der Waals surface area contributed by atoms with Crippen LogP contribution in [-0.4, -0.2) is 40.4 Å². The van der Waals surface area contributed by atoms with E-state index < -0.39 is 0 Å². The van der Waals surface area contributed by atoms with E-state index in [1.54, 1.807) is 6.20 Å². The van der Waals surface area contributed by atoms with Crippen LogP contribution in [0.5, 0.6) is 0 Å². The second kappa shape index (κ2) is 11.5. The molecule has 5 rings (SSSR count). The third-order valence-electron chi connectivity index (χ3n) is 6.28. The maximum Gasteiger partial charge on any atom is 0.205 e. The highest BCUT2D eigenvalue weighted by atomic mass is 15.5. The lowest BCUT2D eigenvalue weighted by Gasteiger charge is -2.09. The van der Waals surface area contributed by atoms with Gasteiger partial charge in [0.05, 0.1) is 6.54 Å². The number of tetrazole rings is 1. The van der Waals surface area contributed by atoms with E-state index in [0.29, 0.717) is 12.4 Å². The lowest BCUT2D eigenvalue weighted by atomic mass is 10.0. The normalized spacial score (nSPS) is 11.1. The summed E-state index contributed by atoms with van der Waals surface area (Å²) in [5.41, 5.74) is 5.41. The Balaban J connectivity index is 1.33. The van der Waals surface area contributed by atoms with Gasteiger partial charge in [-0.1, -0.05) is 74.4 Å². The zero-order chi connectivity index (χ0) is 24.6. The number of benzene rings is 2. The van der Waals surface area contributed by atoms with E-state index >= 15 is 0 Å². The van der Waals surface area contributed by atoms with Gasteiger partial charge in [0.25, 0.3) is 0 Å². The molecule has 8 heteroatoms. The van der Waals surface area contributed by atoms with Gasteiger partial charge in [-0.2, -0.15) is 10.3 Å². The number of nitrogens with one attached hydrogen (secondary N) is 1. The number of aromatic nitrogens is 8. The van der Waals surface area contributed by atoms with Crippen LogP contribution in [0.3, 0.4) is 0 Å². The van der Waals surface area contributed by atoms with Gasteiger partial charge in [0, 0.05) is 36.4 Å². The first-order valence-corrected chi connectivity index (χ1v) is 12.5. The molecule has 3 heterocycles. The van der Waals surface area contributed by atoms with Crippen molar-refractivity contribution in [3.8, 4) is 22.5 Å². The largest absolute Gasteiger partial charge is 0.264 e. The summed E-state index contributed by atoms with van der Waals surface area (Å²) in [6.07, 6.45) is 9.84. The Kier molecular flexibility index (Phi) is 7.51. The molecule has 36 heavy (non-hydrogen) atoms. The first-order chi connectivity index (χ1) is 17.8. The van der Waals surface area contributed by atoms with Gasteiger partial charge in [-0.25, -0.2) is 9.67 Å². The van der Waals surface area contributed by atoms with Gasteiger partial charge >= 0.3 is 0 Å². The van der Waals surface area contributed by atoms with Gasteiger partial charge in [0.1, 0.15) is 5.82 Å². The molecule has 0 fully saturated rings. The smallest absolute Gasteiger partial charge is 0.205 e. The fourth-order valence-electron chi connectivity index (χ4n) is 4.34. The Labute approximate surface area is 210 Å². The number of unbranched alkanes of at least 4 members (excludes halogenated alkanes) is 2. The van der Waals surface area contributed by atoms with Crippen LogP contribution in [0, 0.1) is 0 Å². The van der Waals surface area contributed by atoms with Gasteiger partial charge < -0.3 is 0 Å². The number of hydrogen-bond donors (Lipinski definition) is 1. The van der Waals surface area contributed by atoms with Crippen LogP contribution in [0.25, 0.3) is 22.5 Å². The van der Waals surface area contributed by atoms with Gasteiger partial charge in [0.2, 0.25) is 5.82 Å². The molecule has 5 aromatic rings. The topological polar surface area (TPSA) is 98.1 Å². The fraction of sp³-hybridized carbons (Fsp3) is 0.286. The van der Waals surface area contributed by atoms with Crippen molar-refractivity contribution >= 4 is 0 Å². The third kappa shape index (κ3) is 5.71. The first-order valence-electron chi connectivity index (χ1n) is 12.5. The third-order valence-corrected chi connectivity index (χ3v) is 6.28. The van der Waals surface area contributed by atoms with Crippen molar-refractivity contribution < 1.29 is 0 Å². The first kappa shape index (κ1) is 23.5. The molecule has 0 saturated heterocycles. The van der Waals surface area contributed by atoms with Crippen molar-refractivity contribution in [3.63, 3.8) is 0 Å². The second-order valence-electron chi connectivity index (χ2n) is 8.90. The standard InChI is InChI=1S/C28H30N8/c1-2-3-5-10-27-30-26(16-13-21-8-6-4-7-9-21)33-36(27)20-22-11-14-23(15-12-22)25-19-29-18-17-24(25)28-31-34-35-32-28/h4,6-9,11-12,14-15,17-19H,2-3,5,10,13,16,20H2,1H3,(H,31,32,34,35). The minimum Gasteiger partial charge on any atom is -0.264 e. The summed E-state index contributed by atoms with van der Waals surface area (Å²) in [5.74, 6) is 2.54. The van der Waals surface area contributed by atoms with Gasteiger partial charge in [0.15, 0.2) is 5.82 Å². The van der Waals surface area contributed by atoms with Crippen LogP contribution < -0.4 is 0 Å². The van der Waals surface area contributed by atoms with E-state index in [9.17, 15) is 0 Å². The van der Waals surface area contributed by atoms with Crippen LogP contribution >= 0.6 is 0 Å². The predicted octanol–water partition coefficient (Wildman–Crippen LogP) is 5.09.